The van der Waals surface area contributed by atoms with Gasteiger partial charge in [-0.05, 0) is 57.4 Å². The zero-order valence-electron chi connectivity index (χ0n) is 12.9. The molecule has 1 aliphatic rings. The Balaban J connectivity index is 2.05. The number of nitrogen functional groups attached to an aromatic ring is 1. The quantitative estimate of drug-likeness (QED) is 0.842. The number of benzene rings is 1. The van der Waals surface area contributed by atoms with Crippen molar-refractivity contribution in [3.63, 3.8) is 0 Å². The molecule has 3 unspecified atom stereocenters. The van der Waals surface area contributed by atoms with Crippen molar-refractivity contribution < 1.29 is 4.79 Å². The van der Waals surface area contributed by atoms with E-state index in [0.717, 1.165) is 13.0 Å². The highest BCUT2D eigenvalue weighted by molar-refractivity contribution is 6.31. The Morgan fingerprint density at radius 2 is 2.19 bits per heavy atom. The van der Waals surface area contributed by atoms with Crippen molar-refractivity contribution in [3.8, 4) is 0 Å². The Kier molecular flexibility index (Phi) is 5.12. The second-order valence-corrected chi connectivity index (χ2v) is 6.43. The molecule has 0 aromatic heterocycles. The average molecular weight is 310 g/mol. The monoisotopic (exact) mass is 309 g/mol. The van der Waals surface area contributed by atoms with Gasteiger partial charge in [-0.15, -0.1) is 0 Å². The molecule has 0 radical (unpaired) electrons. The van der Waals surface area contributed by atoms with E-state index in [9.17, 15) is 4.79 Å². The van der Waals surface area contributed by atoms with Gasteiger partial charge >= 0.3 is 0 Å². The Morgan fingerprint density at radius 1 is 1.48 bits per heavy atom. The van der Waals surface area contributed by atoms with E-state index in [1.54, 1.807) is 18.2 Å². The maximum absolute atomic E-state index is 12.5. The molecule has 2 rings (SSSR count). The second-order valence-electron chi connectivity index (χ2n) is 5.99. The van der Waals surface area contributed by atoms with Crippen LogP contribution in [0, 0.1) is 5.92 Å². The molecule has 21 heavy (non-hydrogen) atoms. The number of anilines is 2. The normalized spacial score (nSPS) is 24.6. The van der Waals surface area contributed by atoms with Crippen molar-refractivity contribution in [2.24, 2.45) is 5.92 Å². The lowest BCUT2D eigenvalue weighted by Gasteiger charge is -2.41. The van der Waals surface area contributed by atoms with Crippen LogP contribution >= 0.6 is 11.6 Å². The molecule has 1 aromatic carbocycles. The van der Waals surface area contributed by atoms with Crippen LogP contribution in [0.15, 0.2) is 18.2 Å². The van der Waals surface area contributed by atoms with Gasteiger partial charge < -0.3 is 11.1 Å². The molecule has 0 spiro atoms. The summed E-state index contributed by atoms with van der Waals surface area (Å²) in [4.78, 5) is 14.7. The van der Waals surface area contributed by atoms with Gasteiger partial charge in [0.05, 0.1) is 17.4 Å². The maximum Gasteiger partial charge on any atom is 0.241 e. The SMILES string of the molecule is CC1CCCN(C(C)C(=O)Nc2ccc(Cl)cc2N)C1C. The highest BCUT2D eigenvalue weighted by atomic mass is 35.5. The molecular formula is C16H24ClN3O. The van der Waals surface area contributed by atoms with E-state index >= 15 is 0 Å². The molecule has 4 nitrogen and oxygen atoms in total. The fourth-order valence-electron chi connectivity index (χ4n) is 2.95. The molecule has 5 heteroatoms. The molecule has 1 aromatic rings. The Hall–Kier alpha value is -1.26. The fraction of sp³-hybridized carbons (Fsp3) is 0.562. The molecule has 3 N–H and O–H groups in total. The van der Waals surface area contributed by atoms with Gasteiger partial charge in [0, 0.05) is 11.1 Å². The first kappa shape index (κ1) is 16.1. The highest BCUT2D eigenvalue weighted by Gasteiger charge is 2.31. The van der Waals surface area contributed by atoms with Crippen molar-refractivity contribution in [1.29, 1.82) is 0 Å². The zero-order chi connectivity index (χ0) is 15.6. The van der Waals surface area contributed by atoms with Gasteiger partial charge in [0.15, 0.2) is 0 Å². The number of amides is 1. The molecule has 1 aliphatic heterocycles. The summed E-state index contributed by atoms with van der Waals surface area (Å²) in [5, 5.41) is 3.47. The summed E-state index contributed by atoms with van der Waals surface area (Å²) in [6, 6.07) is 5.36. The van der Waals surface area contributed by atoms with E-state index in [4.69, 9.17) is 17.3 Å². The van der Waals surface area contributed by atoms with Crippen molar-refractivity contribution >= 4 is 28.9 Å². The van der Waals surface area contributed by atoms with Crippen LogP contribution in [-0.2, 0) is 4.79 Å². The number of halogens is 1. The number of rotatable bonds is 3. The molecule has 0 saturated carbocycles. The first-order valence-electron chi connectivity index (χ1n) is 7.51. The average Bonchev–Trinajstić information content (AvgIpc) is 2.44. The summed E-state index contributed by atoms with van der Waals surface area (Å²) in [7, 11) is 0. The molecule has 1 amide bonds. The predicted octanol–water partition coefficient (Wildman–Crippen LogP) is 3.37. The minimum absolute atomic E-state index is 0.0232. The van der Waals surface area contributed by atoms with Crippen LogP contribution in [0.5, 0.6) is 0 Å². The number of nitrogens with two attached hydrogens (primary N) is 1. The lowest BCUT2D eigenvalue weighted by molar-refractivity contribution is -0.122. The number of carbonyl (C=O) groups is 1. The van der Waals surface area contributed by atoms with Gasteiger partial charge in [0.25, 0.3) is 0 Å². The number of nitrogens with zero attached hydrogens (tertiary/aromatic N) is 1. The Bertz CT molecular complexity index is 520. The van der Waals surface area contributed by atoms with Crippen LogP contribution in [0.3, 0.4) is 0 Å². The molecule has 0 bridgehead atoms. The van der Waals surface area contributed by atoms with Crippen LogP contribution in [0.25, 0.3) is 0 Å². The van der Waals surface area contributed by atoms with E-state index in [2.05, 4.69) is 24.1 Å². The third kappa shape index (κ3) is 3.69. The van der Waals surface area contributed by atoms with Gasteiger partial charge in [-0.25, -0.2) is 0 Å². The number of hydrogen-bond donors (Lipinski definition) is 2. The van der Waals surface area contributed by atoms with Crippen molar-refractivity contribution in [1.82, 2.24) is 4.90 Å². The largest absolute Gasteiger partial charge is 0.397 e. The summed E-state index contributed by atoms with van der Waals surface area (Å²) >= 11 is 5.87. The van der Waals surface area contributed by atoms with Crippen LogP contribution in [0.4, 0.5) is 11.4 Å². The third-order valence-corrected chi connectivity index (χ3v) is 4.81. The lowest BCUT2D eigenvalue weighted by atomic mass is 9.91. The summed E-state index contributed by atoms with van der Waals surface area (Å²) < 4.78 is 0. The molecule has 1 saturated heterocycles. The zero-order valence-corrected chi connectivity index (χ0v) is 13.7. The van der Waals surface area contributed by atoms with Crippen LogP contribution in [0.1, 0.15) is 33.6 Å². The van der Waals surface area contributed by atoms with Gasteiger partial charge in [-0.3, -0.25) is 9.69 Å². The van der Waals surface area contributed by atoms with E-state index < -0.39 is 0 Å². The number of nitrogens with one attached hydrogen (secondary N) is 1. The summed E-state index contributed by atoms with van der Waals surface area (Å²) in [6.07, 6.45) is 2.38. The highest BCUT2D eigenvalue weighted by Crippen LogP contribution is 2.26. The first-order chi connectivity index (χ1) is 9.90. The van der Waals surface area contributed by atoms with E-state index in [-0.39, 0.29) is 11.9 Å². The van der Waals surface area contributed by atoms with Gasteiger partial charge in [-0.2, -0.15) is 0 Å². The topological polar surface area (TPSA) is 58.4 Å². The molecule has 1 heterocycles. The minimum atomic E-state index is -0.169. The van der Waals surface area contributed by atoms with E-state index in [1.165, 1.54) is 6.42 Å². The summed E-state index contributed by atoms with van der Waals surface area (Å²) in [5.41, 5.74) is 6.99. The standard InChI is InChI=1S/C16H24ClN3O/c1-10-5-4-8-20(11(10)2)12(3)16(21)19-15-7-6-13(17)9-14(15)18/h6-7,9-12H,4-5,8,18H2,1-3H3,(H,19,21). The lowest BCUT2D eigenvalue weighted by Crippen LogP contribution is -2.51. The van der Waals surface area contributed by atoms with Crippen molar-refractivity contribution in [2.75, 3.05) is 17.6 Å². The van der Waals surface area contributed by atoms with Gasteiger partial charge in [0.2, 0.25) is 5.91 Å². The first-order valence-corrected chi connectivity index (χ1v) is 7.89. The van der Waals surface area contributed by atoms with Crippen molar-refractivity contribution in [2.45, 2.75) is 45.7 Å². The van der Waals surface area contributed by atoms with Crippen LogP contribution in [-0.4, -0.2) is 29.4 Å². The molecule has 0 aliphatic carbocycles. The fourth-order valence-corrected chi connectivity index (χ4v) is 3.13. The Labute approximate surface area is 131 Å². The Morgan fingerprint density at radius 3 is 2.86 bits per heavy atom. The maximum atomic E-state index is 12.5. The van der Waals surface area contributed by atoms with Gasteiger partial charge in [0.1, 0.15) is 0 Å². The number of piperidine rings is 1. The summed E-state index contributed by atoms with van der Waals surface area (Å²) in [5.74, 6) is 0.597. The second kappa shape index (κ2) is 6.67. The minimum Gasteiger partial charge on any atom is -0.397 e. The predicted molar refractivity (Wildman–Crippen MR) is 88.5 cm³/mol. The molecular weight excluding hydrogens is 286 g/mol. The third-order valence-electron chi connectivity index (χ3n) is 4.57. The van der Waals surface area contributed by atoms with E-state index in [0.29, 0.717) is 28.4 Å². The molecule has 3 atom stereocenters. The molecule has 116 valence electrons. The van der Waals surface area contributed by atoms with Crippen LogP contribution in [0.2, 0.25) is 5.02 Å². The van der Waals surface area contributed by atoms with Gasteiger partial charge in [-0.1, -0.05) is 18.5 Å². The summed E-state index contributed by atoms with van der Waals surface area (Å²) in [6.45, 7) is 7.37. The molecule has 1 fully saturated rings. The van der Waals surface area contributed by atoms with Crippen LogP contribution < -0.4 is 11.1 Å². The number of likely N-dealkylation sites (tertiary alicyclic amines) is 1. The van der Waals surface area contributed by atoms with E-state index in [1.807, 2.05) is 6.92 Å². The smallest absolute Gasteiger partial charge is 0.241 e. The van der Waals surface area contributed by atoms with Crippen molar-refractivity contribution in [3.05, 3.63) is 23.2 Å². The number of carbonyl (C=O) groups excluding carboxylic acids is 1. The number of hydrogen-bond acceptors (Lipinski definition) is 3.